The van der Waals surface area contributed by atoms with Crippen molar-refractivity contribution >= 4 is 17.8 Å². The van der Waals surface area contributed by atoms with E-state index in [2.05, 4.69) is 10.6 Å². The van der Waals surface area contributed by atoms with Crippen LogP contribution in [-0.2, 0) is 0 Å². The molecule has 1 fully saturated rings. The fraction of sp³-hybridized carbons (Fsp3) is 0.588. The predicted molar refractivity (Wildman–Crippen MR) is 89.1 cm³/mol. The lowest BCUT2D eigenvalue weighted by Gasteiger charge is -2.32. The largest absolute Gasteiger partial charge is 0.388 e. The molecule has 1 unspecified atom stereocenters. The lowest BCUT2D eigenvalue weighted by molar-refractivity contribution is 0.00712. The molecule has 0 saturated heterocycles. The van der Waals surface area contributed by atoms with Crippen LogP contribution in [0.5, 0.6) is 0 Å². The number of amides is 2. The Kier molecular flexibility index (Phi) is 5.11. The minimum Gasteiger partial charge on any atom is -0.388 e. The highest BCUT2D eigenvalue weighted by atomic mass is 32.2. The van der Waals surface area contributed by atoms with Gasteiger partial charge in [0.25, 0.3) is 0 Å². The molecule has 1 aromatic carbocycles. The predicted octanol–water partition coefficient (Wildman–Crippen LogP) is 3.36. The van der Waals surface area contributed by atoms with E-state index in [1.54, 1.807) is 6.07 Å². The van der Waals surface area contributed by atoms with Gasteiger partial charge in [0.15, 0.2) is 0 Å². The van der Waals surface area contributed by atoms with E-state index >= 15 is 0 Å². The number of fused-ring (bicyclic) bond motifs is 1. The van der Waals surface area contributed by atoms with E-state index < -0.39 is 5.60 Å². The van der Waals surface area contributed by atoms with Crippen molar-refractivity contribution in [2.24, 2.45) is 0 Å². The molecule has 0 aromatic heterocycles. The van der Waals surface area contributed by atoms with Crippen LogP contribution in [-0.4, -0.2) is 29.0 Å². The quantitative estimate of drug-likeness (QED) is 0.792. The first kappa shape index (κ1) is 16.6. The third kappa shape index (κ3) is 3.98. The number of urea groups is 1. The van der Waals surface area contributed by atoms with Crippen molar-refractivity contribution in [3.05, 3.63) is 29.6 Å². The second kappa shape index (κ2) is 7.09. The number of hydrogen-bond donors (Lipinski definition) is 3. The van der Waals surface area contributed by atoms with Gasteiger partial charge in [-0.05, 0) is 30.9 Å². The van der Waals surface area contributed by atoms with Crippen molar-refractivity contribution in [2.75, 3.05) is 12.3 Å². The molecule has 1 aromatic rings. The molecular formula is C17H23FN2O2S. The van der Waals surface area contributed by atoms with Crippen LogP contribution in [0.1, 0.15) is 50.1 Å². The molecule has 0 spiro atoms. The van der Waals surface area contributed by atoms with E-state index in [9.17, 15) is 14.3 Å². The number of aliphatic hydroxyl groups is 1. The Morgan fingerprint density at radius 1 is 1.35 bits per heavy atom. The summed E-state index contributed by atoms with van der Waals surface area (Å²) in [4.78, 5) is 12.8. The van der Waals surface area contributed by atoms with Gasteiger partial charge in [0, 0.05) is 17.2 Å². The van der Waals surface area contributed by atoms with Crippen LogP contribution in [0.4, 0.5) is 9.18 Å². The third-order valence-electron chi connectivity index (χ3n) is 4.69. The highest BCUT2D eigenvalue weighted by molar-refractivity contribution is 7.99. The number of hydrogen-bond acceptors (Lipinski definition) is 3. The van der Waals surface area contributed by atoms with Crippen molar-refractivity contribution in [3.63, 3.8) is 0 Å². The van der Waals surface area contributed by atoms with Crippen LogP contribution < -0.4 is 10.6 Å². The Morgan fingerprint density at radius 3 is 2.91 bits per heavy atom. The van der Waals surface area contributed by atoms with E-state index in [0.29, 0.717) is 4.90 Å². The number of halogens is 1. The molecule has 126 valence electrons. The molecule has 1 aliphatic heterocycles. The average molecular weight is 338 g/mol. The second-order valence-corrected chi connectivity index (χ2v) is 7.57. The molecule has 23 heavy (non-hydrogen) atoms. The van der Waals surface area contributed by atoms with Gasteiger partial charge in [-0.3, -0.25) is 0 Å². The van der Waals surface area contributed by atoms with E-state index in [1.165, 1.54) is 17.8 Å². The molecule has 3 N–H and O–H groups in total. The first-order valence-electron chi connectivity index (χ1n) is 8.25. The minimum absolute atomic E-state index is 0.178. The van der Waals surface area contributed by atoms with Crippen molar-refractivity contribution < 1.29 is 14.3 Å². The number of nitrogens with one attached hydrogen (secondary N) is 2. The van der Waals surface area contributed by atoms with Gasteiger partial charge in [-0.15, -0.1) is 11.8 Å². The van der Waals surface area contributed by atoms with Gasteiger partial charge in [-0.2, -0.15) is 0 Å². The van der Waals surface area contributed by atoms with Crippen LogP contribution in [0.3, 0.4) is 0 Å². The summed E-state index contributed by atoms with van der Waals surface area (Å²) in [6.07, 6.45) is 5.41. The van der Waals surface area contributed by atoms with Gasteiger partial charge < -0.3 is 15.7 Å². The minimum atomic E-state index is -0.776. The van der Waals surface area contributed by atoms with Crippen LogP contribution in [0.15, 0.2) is 23.1 Å². The molecule has 3 rings (SSSR count). The Hall–Kier alpha value is -1.27. The smallest absolute Gasteiger partial charge is 0.315 e. The number of rotatable bonds is 3. The van der Waals surface area contributed by atoms with Crippen LogP contribution in [0, 0.1) is 5.82 Å². The Morgan fingerprint density at radius 2 is 2.13 bits per heavy atom. The summed E-state index contributed by atoms with van der Waals surface area (Å²) in [6.45, 7) is 0.274. The Balaban J connectivity index is 1.58. The van der Waals surface area contributed by atoms with Gasteiger partial charge in [0.2, 0.25) is 0 Å². The zero-order valence-electron chi connectivity index (χ0n) is 13.1. The Bertz CT molecular complexity index is 576. The molecule has 1 saturated carbocycles. The maximum Gasteiger partial charge on any atom is 0.315 e. The van der Waals surface area contributed by atoms with Crippen molar-refractivity contribution in [1.29, 1.82) is 0 Å². The normalized spacial score (nSPS) is 23.0. The maximum atomic E-state index is 13.8. The summed E-state index contributed by atoms with van der Waals surface area (Å²) >= 11 is 1.49. The van der Waals surface area contributed by atoms with Gasteiger partial charge in [0.1, 0.15) is 5.82 Å². The molecule has 4 nitrogen and oxygen atoms in total. The molecule has 6 heteroatoms. The van der Waals surface area contributed by atoms with E-state index in [-0.39, 0.29) is 24.4 Å². The molecule has 2 amide bonds. The second-order valence-electron chi connectivity index (χ2n) is 6.46. The van der Waals surface area contributed by atoms with Gasteiger partial charge >= 0.3 is 6.03 Å². The number of carbonyl (C=O) groups is 1. The number of carbonyl (C=O) groups excluding carboxylic acids is 1. The zero-order chi connectivity index (χ0) is 16.3. The maximum absolute atomic E-state index is 13.8. The molecule has 1 aliphatic carbocycles. The average Bonchev–Trinajstić information content (AvgIpc) is 2.55. The van der Waals surface area contributed by atoms with Crippen LogP contribution in [0.2, 0.25) is 0 Å². The summed E-state index contributed by atoms with van der Waals surface area (Å²) in [6, 6.07) is 4.52. The monoisotopic (exact) mass is 338 g/mol. The topological polar surface area (TPSA) is 61.4 Å². The first-order valence-corrected chi connectivity index (χ1v) is 9.24. The summed E-state index contributed by atoms with van der Waals surface area (Å²) in [5, 5.41) is 16.1. The highest BCUT2D eigenvalue weighted by Gasteiger charge is 2.30. The summed E-state index contributed by atoms with van der Waals surface area (Å²) in [5.74, 6) is 0.555. The summed E-state index contributed by atoms with van der Waals surface area (Å²) < 4.78 is 13.8. The van der Waals surface area contributed by atoms with Crippen LogP contribution >= 0.6 is 11.8 Å². The molecule has 0 bridgehead atoms. The fourth-order valence-corrected chi connectivity index (χ4v) is 4.52. The number of thioether (sulfide) groups is 1. The standard InChI is InChI=1S/C17H23FN2O2S/c18-13-6-4-5-12-14(7-10-23-15(12)13)20-16(21)19-11-17(22)8-2-1-3-9-17/h4-6,14,22H,1-3,7-11H2,(H2,19,20,21). The first-order chi connectivity index (χ1) is 11.1. The SMILES string of the molecule is O=C(NCC1(O)CCCCC1)NC1CCSc2c(F)cccc21. The lowest BCUT2D eigenvalue weighted by Crippen LogP contribution is -2.48. The lowest BCUT2D eigenvalue weighted by atomic mass is 9.85. The summed E-state index contributed by atoms with van der Waals surface area (Å²) in [7, 11) is 0. The van der Waals surface area contributed by atoms with E-state index in [1.807, 2.05) is 6.07 Å². The third-order valence-corrected chi connectivity index (χ3v) is 5.85. The van der Waals surface area contributed by atoms with Gasteiger partial charge in [-0.1, -0.05) is 31.4 Å². The molecule has 1 heterocycles. The zero-order valence-corrected chi connectivity index (χ0v) is 13.9. The van der Waals surface area contributed by atoms with E-state index in [0.717, 1.165) is 49.8 Å². The van der Waals surface area contributed by atoms with Crippen LogP contribution in [0.25, 0.3) is 0 Å². The molecule has 0 radical (unpaired) electrons. The van der Waals surface area contributed by atoms with Gasteiger partial charge in [0.05, 0.1) is 11.6 Å². The fourth-order valence-electron chi connectivity index (χ4n) is 3.38. The highest BCUT2D eigenvalue weighted by Crippen LogP contribution is 2.37. The van der Waals surface area contributed by atoms with Crippen molar-refractivity contribution in [2.45, 2.75) is 55.1 Å². The summed E-state index contributed by atoms with van der Waals surface area (Å²) in [5.41, 5.74) is 0.0648. The molecule has 1 atom stereocenters. The number of benzene rings is 1. The molecule has 2 aliphatic rings. The van der Waals surface area contributed by atoms with E-state index in [4.69, 9.17) is 0 Å². The van der Waals surface area contributed by atoms with Crippen molar-refractivity contribution in [3.8, 4) is 0 Å². The Labute approximate surface area is 140 Å². The molecular weight excluding hydrogens is 315 g/mol. The van der Waals surface area contributed by atoms with Gasteiger partial charge in [-0.25, -0.2) is 9.18 Å². The van der Waals surface area contributed by atoms with Crippen molar-refractivity contribution in [1.82, 2.24) is 10.6 Å².